The van der Waals surface area contributed by atoms with Crippen LogP contribution in [0.2, 0.25) is 0 Å². The quantitative estimate of drug-likeness (QED) is 0.185. The number of rotatable bonds is 9. The number of fused-ring (bicyclic) bond motifs is 1. The molecule has 0 spiro atoms. The molecule has 0 saturated carbocycles. The molecule has 12 heteroatoms. The Kier molecular flexibility index (Phi) is 7.48. The van der Waals surface area contributed by atoms with Crippen molar-refractivity contribution in [3.63, 3.8) is 0 Å². The Morgan fingerprint density at radius 1 is 1.25 bits per heavy atom. The number of nitrogens with zero attached hydrogens (tertiary/aromatic N) is 6. The number of para-hydroxylation sites is 1. The third-order valence-corrected chi connectivity index (χ3v) is 8.28. The first-order valence-corrected chi connectivity index (χ1v) is 13.0. The van der Waals surface area contributed by atoms with Crippen molar-refractivity contribution in [3.05, 3.63) is 64.2 Å². The molecule has 2 heterocycles. The average molecular weight is 513 g/mol. The monoisotopic (exact) mass is 512 g/mol. The lowest BCUT2D eigenvalue weighted by molar-refractivity contribution is -0.139. The van der Waals surface area contributed by atoms with Crippen LogP contribution < -0.4 is 4.74 Å². The number of hydrogen-bond donors (Lipinski definition) is 0. The summed E-state index contributed by atoms with van der Waals surface area (Å²) in [6, 6.07) is 12.0. The predicted molar refractivity (Wildman–Crippen MR) is 133 cm³/mol. The van der Waals surface area contributed by atoms with E-state index in [9.17, 15) is 13.2 Å². The van der Waals surface area contributed by atoms with Gasteiger partial charge in [0.15, 0.2) is 0 Å². The van der Waals surface area contributed by atoms with Gasteiger partial charge in [0, 0.05) is 23.4 Å². The maximum atomic E-state index is 13.7. The van der Waals surface area contributed by atoms with Crippen LogP contribution in [0.3, 0.4) is 0 Å². The van der Waals surface area contributed by atoms with Gasteiger partial charge in [0.1, 0.15) is 5.75 Å². The van der Waals surface area contributed by atoms with E-state index in [0.717, 1.165) is 10.9 Å². The Bertz CT molecular complexity index is 1430. The summed E-state index contributed by atoms with van der Waals surface area (Å²) in [4.78, 5) is 14.8. The molecule has 1 fully saturated rings. The summed E-state index contributed by atoms with van der Waals surface area (Å²) < 4.78 is 41.0. The first-order chi connectivity index (χ1) is 17.3. The average Bonchev–Trinajstić information content (AvgIpc) is 3.43. The van der Waals surface area contributed by atoms with E-state index in [0.29, 0.717) is 30.2 Å². The number of benzene rings is 2. The van der Waals surface area contributed by atoms with Crippen molar-refractivity contribution in [2.75, 3.05) is 26.8 Å². The van der Waals surface area contributed by atoms with Crippen LogP contribution in [-0.4, -0.2) is 55.3 Å². The second kappa shape index (κ2) is 10.6. The molecule has 1 saturated heterocycles. The first kappa shape index (κ1) is 25.5. The number of sulfonamides is 1. The van der Waals surface area contributed by atoms with Crippen molar-refractivity contribution in [2.24, 2.45) is 11.0 Å². The van der Waals surface area contributed by atoms with Gasteiger partial charge in [0.25, 0.3) is 0 Å². The standard InChI is InChI=1S/C24H28N6O5S/c1-4-35-18-9-10-23(17(11-18)13-26-28-25)36(32,33)29-14-16(2)22(15-29)30-21-8-6-5-7-19(21)20(27-30)12-24(31)34-3/h5-11,16,22H,4,12-15H2,1-3H3/t16-,22+/m1/s1. The molecule has 3 aromatic rings. The molecule has 36 heavy (non-hydrogen) atoms. The third-order valence-electron chi connectivity index (χ3n) is 6.35. The van der Waals surface area contributed by atoms with Crippen LogP contribution in [0.1, 0.15) is 31.1 Å². The van der Waals surface area contributed by atoms with Gasteiger partial charge in [-0.15, -0.1) is 0 Å². The Morgan fingerprint density at radius 3 is 2.75 bits per heavy atom. The van der Waals surface area contributed by atoms with Crippen molar-refractivity contribution in [1.29, 1.82) is 0 Å². The van der Waals surface area contributed by atoms with Gasteiger partial charge in [-0.2, -0.15) is 9.40 Å². The minimum absolute atomic E-state index is 0.0298. The maximum Gasteiger partial charge on any atom is 0.311 e. The van der Waals surface area contributed by atoms with Crippen LogP contribution in [0.4, 0.5) is 0 Å². The summed E-state index contributed by atoms with van der Waals surface area (Å²) in [7, 11) is -2.56. The summed E-state index contributed by atoms with van der Waals surface area (Å²) >= 11 is 0. The van der Waals surface area contributed by atoms with Gasteiger partial charge >= 0.3 is 5.97 Å². The fraction of sp³-hybridized carbons (Fsp3) is 0.417. The van der Waals surface area contributed by atoms with Gasteiger partial charge in [-0.1, -0.05) is 30.2 Å². The van der Waals surface area contributed by atoms with E-state index in [1.165, 1.54) is 17.5 Å². The minimum atomic E-state index is -3.90. The highest BCUT2D eigenvalue weighted by Crippen LogP contribution is 2.36. The lowest BCUT2D eigenvalue weighted by atomic mass is 10.1. The molecular weight excluding hydrogens is 484 g/mol. The van der Waals surface area contributed by atoms with Gasteiger partial charge in [0.05, 0.1) is 48.8 Å². The van der Waals surface area contributed by atoms with Crippen LogP contribution in [0, 0.1) is 5.92 Å². The van der Waals surface area contributed by atoms with E-state index in [1.807, 2.05) is 42.8 Å². The van der Waals surface area contributed by atoms with Gasteiger partial charge in [-0.25, -0.2) is 8.42 Å². The summed E-state index contributed by atoms with van der Waals surface area (Å²) in [6.45, 7) is 4.63. The van der Waals surface area contributed by atoms with Crippen LogP contribution in [-0.2, 0) is 32.5 Å². The van der Waals surface area contributed by atoms with Gasteiger partial charge in [-0.3, -0.25) is 9.48 Å². The Labute approximate surface area is 209 Å². The Hall–Kier alpha value is -3.60. The summed E-state index contributed by atoms with van der Waals surface area (Å²) in [5.74, 6) is 0.0721. The van der Waals surface area contributed by atoms with E-state index in [-0.39, 0.29) is 36.4 Å². The van der Waals surface area contributed by atoms with E-state index in [2.05, 4.69) is 10.0 Å². The van der Waals surface area contributed by atoms with Crippen molar-refractivity contribution >= 4 is 26.9 Å². The van der Waals surface area contributed by atoms with E-state index >= 15 is 0 Å². The van der Waals surface area contributed by atoms with Crippen LogP contribution >= 0.6 is 0 Å². The molecule has 2 atom stereocenters. The molecule has 2 aromatic carbocycles. The highest BCUT2D eigenvalue weighted by Gasteiger charge is 2.40. The van der Waals surface area contributed by atoms with Gasteiger partial charge < -0.3 is 9.47 Å². The molecule has 0 aliphatic carbocycles. The second-order valence-electron chi connectivity index (χ2n) is 8.62. The number of ether oxygens (including phenoxy) is 2. The zero-order chi connectivity index (χ0) is 25.9. The fourth-order valence-electron chi connectivity index (χ4n) is 4.60. The number of methoxy groups -OCH3 is 1. The Balaban J connectivity index is 1.69. The topological polar surface area (TPSA) is 139 Å². The number of carbonyl (C=O) groups excluding carboxylic acids is 1. The molecule has 1 aliphatic heterocycles. The summed E-state index contributed by atoms with van der Waals surface area (Å²) in [5.41, 5.74) is 10.6. The maximum absolute atomic E-state index is 13.7. The van der Waals surface area contributed by atoms with Crippen molar-refractivity contribution in [2.45, 2.75) is 37.8 Å². The summed E-state index contributed by atoms with van der Waals surface area (Å²) in [5, 5.41) is 9.12. The number of aromatic nitrogens is 2. The number of hydrogen-bond acceptors (Lipinski definition) is 7. The smallest absolute Gasteiger partial charge is 0.311 e. The minimum Gasteiger partial charge on any atom is -0.494 e. The molecule has 0 amide bonds. The van der Waals surface area contributed by atoms with Crippen molar-refractivity contribution in [1.82, 2.24) is 14.1 Å². The number of azide groups is 1. The van der Waals surface area contributed by atoms with Crippen molar-refractivity contribution in [3.8, 4) is 5.75 Å². The van der Waals surface area contributed by atoms with Crippen LogP contribution in [0.5, 0.6) is 5.75 Å². The predicted octanol–water partition coefficient (Wildman–Crippen LogP) is 3.84. The van der Waals surface area contributed by atoms with E-state index < -0.39 is 16.0 Å². The van der Waals surface area contributed by atoms with Gasteiger partial charge in [-0.05, 0) is 48.2 Å². The third kappa shape index (κ3) is 4.88. The largest absolute Gasteiger partial charge is 0.494 e. The zero-order valence-electron chi connectivity index (χ0n) is 20.4. The molecule has 1 aliphatic rings. The highest BCUT2D eigenvalue weighted by atomic mass is 32.2. The molecular formula is C24H28N6O5S. The molecule has 11 nitrogen and oxygen atoms in total. The fourth-order valence-corrected chi connectivity index (χ4v) is 6.36. The zero-order valence-corrected chi connectivity index (χ0v) is 21.2. The lowest BCUT2D eigenvalue weighted by Crippen LogP contribution is -2.30. The SMILES string of the molecule is CCOc1ccc(S(=O)(=O)N2C[C@@H](C)[C@@H](n3nc(CC(=O)OC)c4ccccc43)C2)c(CN=[N+]=[N-])c1. The normalized spacial score (nSPS) is 18.2. The second-order valence-corrected chi connectivity index (χ2v) is 10.5. The molecule has 1 aromatic heterocycles. The molecule has 0 radical (unpaired) electrons. The molecule has 0 N–H and O–H groups in total. The van der Waals surface area contributed by atoms with Crippen LogP contribution in [0.15, 0.2) is 52.5 Å². The summed E-state index contributed by atoms with van der Waals surface area (Å²) in [6.07, 6.45) is 0.0298. The lowest BCUT2D eigenvalue weighted by Gasteiger charge is -2.19. The molecule has 4 rings (SSSR count). The molecule has 190 valence electrons. The molecule has 0 unspecified atom stereocenters. The number of carbonyl (C=O) groups is 1. The van der Waals surface area contributed by atoms with Gasteiger partial charge in [0.2, 0.25) is 10.0 Å². The van der Waals surface area contributed by atoms with E-state index in [1.54, 1.807) is 12.1 Å². The van der Waals surface area contributed by atoms with Crippen molar-refractivity contribution < 1.29 is 22.7 Å². The number of esters is 1. The van der Waals surface area contributed by atoms with Crippen LogP contribution in [0.25, 0.3) is 21.3 Å². The first-order valence-electron chi connectivity index (χ1n) is 11.6. The molecule has 0 bridgehead atoms. The highest BCUT2D eigenvalue weighted by molar-refractivity contribution is 7.89. The Morgan fingerprint density at radius 2 is 2.03 bits per heavy atom. The van der Waals surface area contributed by atoms with E-state index in [4.69, 9.17) is 20.1 Å².